The van der Waals surface area contributed by atoms with Crippen molar-refractivity contribution in [1.29, 1.82) is 0 Å². The summed E-state index contributed by atoms with van der Waals surface area (Å²) >= 11 is 0. The van der Waals surface area contributed by atoms with Crippen LogP contribution in [0.25, 0.3) is 0 Å². The van der Waals surface area contributed by atoms with Crippen LogP contribution in [0.4, 0.5) is 4.39 Å². The van der Waals surface area contributed by atoms with E-state index in [2.05, 4.69) is 5.32 Å². The van der Waals surface area contributed by atoms with E-state index in [4.69, 9.17) is 10.2 Å². The highest BCUT2D eigenvalue weighted by molar-refractivity contribution is 5.94. The first-order valence-corrected chi connectivity index (χ1v) is 4.46. The van der Waals surface area contributed by atoms with Crippen molar-refractivity contribution >= 4 is 5.91 Å². The van der Waals surface area contributed by atoms with Gasteiger partial charge in [0.25, 0.3) is 5.91 Å². The van der Waals surface area contributed by atoms with Gasteiger partial charge in [-0.25, -0.2) is 4.39 Å². The summed E-state index contributed by atoms with van der Waals surface area (Å²) in [6.45, 7) is -0.784. The van der Waals surface area contributed by atoms with Crippen molar-refractivity contribution in [3.8, 4) is 0 Å². The van der Waals surface area contributed by atoms with E-state index in [-0.39, 0.29) is 5.56 Å². The number of hydrogen-bond donors (Lipinski definition) is 3. The molecule has 0 heterocycles. The Balaban J connectivity index is 2.73. The molecule has 4 nitrogen and oxygen atoms in total. The zero-order chi connectivity index (χ0) is 11.3. The molecule has 1 rings (SSSR count). The molecule has 1 aromatic carbocycles. The van der Waals surface area contributed by atoms with Crippen LogP contribution in [0.2, 0.25) is 0 Å². The molecule has 0 atom stereocenters. The first-order chi connectivity index (χ1) is 7.19. The SMILES string of the molecule is O=C(NC(CO)CO)c1ccccc1F. The average molecular weight is 213 g/mol. The Morgan fingerprint density at radius 1 is 1.33 bits per heavy atom. The van der Waals surface area contributed by atoms with Gasteiger partial charge in [0, 0.05) is 0 Å². The lowest BCUT2D eigenvalue weighted by atomic mass is 10.2. The van der Waals surface area contributed by atoms with Crippen molar-refractivity contribution in [1.82, 2.24) is 5.32 Å². The number of carbonyl (C=O) groups excluding carboxylic acids is 1. The third kappa shape index (κ3) is 3.00. The topological polar surface area (TPSA) is 69.6 Å². The van der Waals surface area contributed by atoms with Crippen molar-refractivity contribution in [2.75, 3.05) is 13.2 Å². The molecule has 15 heavy (non-hydrogen) atoms. The van der Waals surface area contributed by atoms with Gasteiger partial charge in [-0.3, -0.25) is 4.79 Å². The lowest BCUT2D eigenvalue weighted by Gasteiger charge is -2.13. The number of aliphatic hydroxyl groups excluding tert-OH is 2. The monoisotopic (exact) mass is 213 g/mol. The van der Waals surface area contributed by atoms with E-state index in [0.717, 1.165) is 0 Å². The third-order valence-electron chi connectivity index (χ3n) is 1.89. The Labute approximate surface area is 86.4 Å². The number of rotatable bonds is 4. The third-order valence-corrected chi connectivity index (χ3v) is 1.89. The number of halogens is 1. The van der Waals surface area contributed by atoms with Gasteiger partial charge >= 0.3 is 0 Å². The normalized spacial score (nSPS) is 10.4. The van der Waals surface area contributed by atoms with E-state index >= 15 is 0 Å². The summed E-state index contributed by atoms with van der Waals surface area (Å²) in [7, 11) is 0. The quantitative estimate of drug-likeness (QED) is 0.654. The van der Waals surface area contributed by atoms with Crippen molar-refractivity contribution in [2.24, 2.45) is 0 Å². The number of amides is 1. The summed E-state index contributed by atoms with van der Waals surface area (Å²) in [6, 6.07) is 4.74. The molecule has 0 radical (unpaired) electrons. The fourth-order valence-corrected chi connectivity index (χ4v) is 1.06. The minimum atomic E-state index is -0.767. The summed E-state index contributed by atoms with van der Waals surface area (Å²) in [4.78, 5) is 11.4. The van der Waals surface area contributed by atoms with Crippen molar-refractivity contribution in [3.63, 3.8) is 0 Å². The first-order valence-electron chi connectivity index (χ1n) is 4.46. The summed E-state index contributed by atoms with van der Waals surface area (Å²) in [5.41, 5.74) is -0.107. The summed E-state index contributed by atoms with van der Waals surface area (Å²) in [5, 5.41) is 19.7. The van der Waals surface area contributed by atoms with Crippen LogP contribution in [-0.2, 0) is 0 Å². The molecule has 1 amide bonds. The zero-order valence-corrected chi connectivity index (χ0v) is 7.98. The zero-order valence-electron chi connectivity index (χ0n) is 7.98. The first kappa shape index (κ1) is 11.6. The Morgan fingerprint density at radius 2 is 1.93 bits per heavy atom. The lowest BCUT2D eigenvalue weighted by Crippen LogP contribution is -2.40. The van der Waals surface area contributed by atoms with Gasteiger partial charge in [0.15, 0.2) is 0 Å². The van der Waals surface area contributed by atoms with Gasteiger partial charge < -0.3 is 15.5 Å². The molecular formula is C10H12FNO3. The fourth-order valence-electron chi connectivity index (χ4n) is 1.06. The van der Waals surface area contributed by atoms with E-state index < -0.39 is 31.0 Å². The van der Waals surface area contributed by atoms with Crippen LogP contribution in [0.15, 0.2) is 24.3 Å². The largest absolute Gasteiger partial charge is 0.394 e. The minimum Gasteiger partial charge on any atom is -0.394 e. The number of hydrogen-bond acceptors (Lipinski definition) is 3. The predicted molar refractivity (Wildman–Crippen MR) is 51.8 cm³/mol. The van der Waals surface area contributed by atoms with E-state index in [0.29, 0.717) is 0 Å². The smallest absolute Gasteiger partial charge is 0.254 e. The fraction of sp³-hybridized carbons (Fsp3) is 0.300. The maximum Gasteiger partial charge on any atom is 0.254 e. The molecule has 0 aliphatic heterocycles. The van der Waals surface area contributed by atoms with Gasteiger partial charge in [-0.2, -0.15) is 0 Å². The maximum atomic E-state index is 13.1. The number of aliphatic hydroxyl groups is 2. The molecule has 0 aromatic heterocycles. The second kappa shape index (κ2) is 5.43. The molecule has 0 spiro atoms. The minimum absolute atomic E-state index is 0.107. The van der Waals surface area contributed by atoms with Crippen LogP contribution >= 0.6 is 0 Å². The highest BCUT2D eigenvalue weighted by Crippen LogP contribution is 2.05. The summed E-state index contributed by atoms with van der Waals surface area (Å²) < 4.78 is 13.1. The van der Waals surface area contributed by atoms with E-state index in [9.17, 15) is 9.18 Å². The molecule has 0 saturated heterocycles. The molecule has 0 aliphatic rings. The van der Waals surface area contributed by atoms with Crippen molar-refractivity contribution in [2.45, 2.75) is 6.04 Å². The van der Waals surface area contributed by atoms with Gasteiger partial charge in [-0.15, -0.1) is 0 Å². The highest BCUT2D eigenvalue weighted by atomic mass is 19.1. The van der Waals surface area contributed by atoms with Gasteiger partial charge in [-0.05, 0) is 12.1 Å². The second-order valence-electron chi connectivity index (χ2n) is 3.02. The molecule has 0 saturated carbocycles. The van der Waals surface area contributed by atoms with E-state index in [1.54, 1.807) is 0 Å². The molecule has 3 N–H and O–H groups in total. The Bertz CT molecular complexity index is 339. The molecule has 5 heteroatoms. The number of nitrogens with one attached hydrogen (secondary N) is 1. The molecule has 0 unspecified atom stereocenters. The number of carbonyl (C=O) groups is 1. The van der Waals surface area contributed by atoms with Crippen LogP contribution in [-0.4, -0.2) is 35.4 Å². The predicted octanol–water partition coefficient (Wildman–Crippen LogP) is -0.0913. The molecule has 0 bridgehead atoms. The Kier molecular flexibility index (Phi) is 4.20. The summed E-state index contributed by atoms with van der Waals surface area (Å²) in [5.74, 6) is -1.29. The van der Waals surface area contributed by atoms with Gasteiger partial charge in [0.05, 0.1) is 24.8 Å². The van der Waals surface area contributed by atoms with E-state index in [1.807, 2.05) is 0 Å². The van der Waals surface area contributed by atoms with Gasteiger partial charge in [0.2, 0.25) is 0 Å². The van der Waals surface area contributed by atoms with Gasteiger partial charge in [0.1, 0.15) is 5.82 Å². The molecule has 0 fully saturated rings. The molecule has 1 aromatic rings. The standard InChI is InChI=1S/C10H12FNO3/c11-9-4-2-1-3-8(9)10(15)12-7(5-13)6-14/h1-4,7,13-14H,5-6H2,(H,12,15). The highest BCUT2D eigenvalue weighted by Gasteiger charge is 2.14. The molecular weight excluding hydrogens is 201 g/mol. The maximum absolute atomic E-state index is 13.1. The number of benzene rings is 1. The lowest BCUT2D eigenvalue weighted by molar-refractivity contribution is 0.0875. The molecule has 0 aliphatic carbocycles. The van der Waals surface area contributed by atoms with Crippen molar-refractivity contribution in [3.05, 3.63) is 35.6 Å². The average Bonchev–Trinajstić information content (AvgIpc) is 2.26. The van der Waals surface area contributed by atoms with Crippen LogP contribution < -0.4 is 5.32 Å². The van der Waals surface area contributed by atoms with Crippen LogP contribution in [0, 0.1) is 5.82 Å². The molecule has 82 valence electrons. The summed E-state index contributed by atoms with van der Waals surface area (Å²) in [6.07, 6.45) is 0. The Hall–Kier alpha value is -1.46. The van der Waals surface area contributed by atoms with E-state index in [1.165, 1.54) is 24.3 Å². The van der Waals surface area contributed by atoms with Crippen LogP contribution in [0.5, 0.6) is 0 Å². The van der Waals surface area contributed by atoms with Crippen molar-refractivity contribution < 1.29 is 19.4 Å². The van der Waals surface area contributed by atoms with Crippen LogP contribution in [0.3, 0.4) is 0 Å². The second-order valence-corrected chi connectivity index (χ2v) is 3.02. The van der Waals surface area contributed by atoms with Gasteiger partial charge in [-0.1, -0.05) is 12.1 Å². The van der Waals surface area contributed by atoms with Crippen LogP contribution in [0.1, 0.15) is 10.4 Å². The Morgan fingerprint density at radius 3 is 2.47 bits per heavy atom.